The minimum absolute atomic E-state index is 0.0829. The van der Waals surface area contributed by atoms with Gasteiger partial charge in [-0.15, -0.1) is 0 Å². The number of hydrogen-bond donors (Lipinski definition) is 2. The molecule has 6 heteroatoms. The third kappa shape index (κ3) is 3.62. The van der Waals surface area contributed by atoms with Crippen LogP contribution >= 0.6 is 0 Å². The second kappa shape index (κ2) is 6.74. The molecule has 0 aliphatic carbocycles. The number of nitrogens with zero attached hydrogens (tertiary/aromatic N) is 3. The summed E-state index contributed by atoms with van der Waals surface area (Å²) >= 11 is 0. The van der Waals surface area contributed by atoms with Gasteiger partial charge < -0.3 is 16.0 Å². The van der Waals surface area contributed by atoms with Crippen molar-refractivity contribution >= 4 is 17.5 Å². The number of rotatable bonds is 5. The zero-order chi connectivity index (χ0) is 15.4. The van der Waals surface area contributed by atoms with Gasteiger partial charge in [-0.2, -0.15) is 0 Å². The monoisotopic (exact) mass is 291 g/mol. The van der Waals surface area contributed by atoms with Crippen molar-refractivity contribution in [3.05, 3.63) is 11.4 Å². The lowest BCUT2D eigenvalue weighted by Gasteiger charge is -2.33. The summed E-state index contributed by atoms with van der Waals surface area (Å²) in [4.78, 5) is 22.7. The molecule has 2 heterocycles. The number of amides is 1. The Balaban J connectivity index is 2.25. The van der Waals surface area contributed by atoms with E-state index < -0.39 is 0 Å². The first-order chi connectivity index (χ1) is 10.0. The van der Waals surface area contributed by atoms with Crippen molar-refractivity contribution in [2.24, 2.45) is 11.7 Å². The molecule has 1 aliphatic rings. The SMILES string of the molecule is CCCNc1nc(C)nc(N2CCCC(C(N)=O)C2)c1C. The molecule has 1 unspecified atom stereocenters. The van der Waals surface area contributed by atoms with Gasteiger partial charge in [0.15, 0.2) is 0 Å². The van der Waals surface area contributed by atoms with Crippen LogP contribution in [-0.2, 0) is 4.79 Å². The Hall–Kier alpha value is -1.85. The molecule has 0 spiro atoms. The minimum Gasteiger partial charge on any atom is -0.370 e. The number of anilines is 2. The number of hydrogen-bond acceptors (Lipinski definition) is 5. The van der Waals surface area contributed by atoms with E-state index in [0.29, 0.717) is 6.54 Å². The van der Waals surface area contributed by atoms with E-state index in [2.05, 4.69) is 27.1 Å². The number of primary amides is 1. The highest BCUT2D eigenvalue weighted by molar-refractivity contribution is 5.77. The number of aryl methyl sites for hydroxylation is 1. The summed E-state index contributed by atoms with van der Waals surface area (Å²) in [6.07, 6.45) is 2.88. The smallest absolute Gasteiger partial charge is 0.222 e. The summed E-state index contributed by atoms with van der Waals surface area (Å²) in [7, 11) is 0. The van der Waals surface area contributed by atoms with Crippen molar-refractivity contribution in [3.8, 4) is 0 Å². The Kier molecular flexibility index (Phi) is 4.98. The molecule has 6 nitrogen and oxygen atoms in total. The van der Waals surface area contributed by atoms with Crippen LogP contribution in [0.3, 0.4) is 0 Å². The van der Waals surface area contributed by atoms with Crippen LogP contribution in [0, 0.1) is 19.8 Å². The average molecular weight is 291 g/mol. The number of piperidine rings is 1. The van der Waals surface area contributed by atoms with Crippen LogP contribution < -0.4 is 16.0 Å². The lowest BCUT2D eigenvalue weighted by Crippen LogP contribution is -2.42. The first-order valence-electron chi connectivity index (χ1n) is 7.66. The van der Waals surface area contributed by atoms with Gasteiger partial charge in [0.05, 0.1) is 5.92 Å². The van der Waals surface area contributed by atoms with Gasteiger partial charge in [0.25, 0.3) is 0 Å². The number of nitrogens with two attached hydrogens (primary N) is 1. The highest BCUT2D eigenvalue weighted by atomic mass is 16.1. The normalized spacial score (nSPS) is 18.6. The van der Waals surface area contributed by atoms with E-state index in [-0.39, 0.29) is 11.8 Å². The second-order valence-electron chi connectivity index (χ2n) is 5.68. The van der Waals surface area contributed by atoms with E-state index in [1.807, 2.05) is 13.8 Å². The Labute approximate surface area is 126 Å². The standard InChI is InChI=1S/C15H25N5O/c1-4-7-17-14-10(2)15(19-11(3)18-14)20-8-5-6-12(9-20)13(16)21/h12H,4-9H2,1-3H3,(H2,16,21)(H,17,18,19). The summed E-state index contributed by atoms with van der Waals surface area (Å²) in [5.41, 5.74) is 6.50. The number of aromatic nitrogens is 2. The fraction of sp³-hybridized carbons (Fsp3) is 0.667. The summed E-state index contributed by atoms with van der Waals surface area (Å²) in [6, 6.07) is 0. The van der Waals surface area contributed by atoms with Gasteiger partial charge in [-0.1, -0.05) is 6.92 Å². The molecule has 0 aromatic carbocycles. The van der Waals surface area contributed by atoms with Gasteiger partial charge in [-0.25, -0.2) is 9.97 Å². The van der Waals surface area contributed by atoms with Crippen LogP contribution in [0.2, 0.25) is 0 Å². The van der Waals surface area contributed by atoms with Crippen LogP contribution in [0.1, 0.15) is 37.6 Å². The molecular weight excluding hydrogens is 266 g/mol. The first-order valence-corrected chi connectivity index (χ1v) is 7.66. The molecule has 2 rings (SSSR count). The van der Waals surface area contributed by atoms with Crippen molar-refractivity contribution in [2.45, 2.75) is 40.0 Å². The molecule has 1 atom stereocenters. The third-order valence-electron chi connectivity index (χ3n) is 3.90. The van der Waals surface area contributed by atoms with Gasteiger partial charge in [-0.3, -0.25) is 4.79 Å². The van der Waals surface area contributed by atoms with Crippen molar-refractivity contribution in [3.63, 3.8) is 0 Å². The van der Waals surface area contributed by atoms with Gasteiger partial charge in [0.1, 0.15) is 17.5 Å². The highest BCUT2D eigenvalue weighted by Gasteiger charge is 2.26. The van der Waals surface area contributed by atoms with E-state index in [4.69, 9.17) is 5.73 Å². The molecule has 1 aromatic rings. The molecule has 1 saturated heterocycles. The predicted octanol–water partition coefficient (Wildman–Crippen LogP) is 1.62. The van der Waals surface area contributed by atoms with Gasteiger partial charge >= 0.3 is 0 Å². The Morgan fingerprint density at radius 2 is 2.19 bits per heavy atom. The molecule has 0 bridgehead atoms. The number of nitrogens with one attached hydrogen (secondary N) is 1. The van der Waals surface area contributed by atoms with Crippen LogP contribution in [0.15, 0.2) is 0 Å². The van der Waals surface area contributed by atoms with Crippen molar-refractivity contribution in [1.29, 1.82) is 0 Å². The maximum absolute atomic E-state index is 11.4. The number of carbonyl (C=O) groups excluding carboxylic acids is 1. The topological polar surface area (TPSA) is 84.1 Å². The molecule has 0 saturated carbocycles. The minimum atomic E-state index is -0.215. The molecule has 1 aromatic heterocycles. The first kappa shape index (κ1) is 15.5. The molecule has 1 aliphatic heterocycles. The fourth-order valence-corrected chi connectivity index (χ4v) is 2.74. The lowest BCUT2D eigenvalue weighted by atomic mass is 9.97. The largest absolute Gasteiger partial charge is 0.370 e. The third-order valence-corrected chi connectivity index (χ3v) is 3.90. The highest BCUT2D eigenvalue weighted by Crippen LogP contribution is 2.27. The predicted molar refractivity (Wildman–Crippen MR) is 84.4 cm³/mol. The maximum atomic E-state index is 11.4. The molecule has 116 valence electrons. The summed E-state index contributed by atoms with van der Waals surface area (Å²) in [5.74, 6) is 2.26. The van der Waals surface area contributed by atoms with Crippen molar-refractivity contribution < 1.29 is 4.79 Å². The van der Waals surface area contributed by atoms with Gasteiger partial charge in [0.2, 0.25) is 5.91 Å². The fourth-order valence-electron chi connectivity index (χ4n) is 2.74. The van der Waals surface area contributed by atoms with Crippen LogP contribution in [0.4, 0.5) is 11.6 Å². The van der Waals surface area contributed by atoms with E-state index >= 15 is 0 Å². The summed E-state index contributed by atoms with van der Waals surface area (Å²) in [6.45, 7) is 8.50. The molecule has 1 amide bonds. The van der Waals surface area contributed by atoms with Crippen molar-refractivity contribution in [2.75, 3.05) is 29.9 Å². The lowest BCUT2D eigenvalue weighted by molar-refractivity contribution is -0.122. The van der Waals surface area contributed by atoms with Crippen LogP contribution in [-0.4, -0.2) is 35.5 Å². The zero-order valence-electron chi connectivity index (χ0n) is 13.1. The summed E-state index contributed by atoms with van der Waals surface area (Å²) in [5, 5.41) is 3.35. The number of carbonyl (C=O) groups is 1. The van der Waals surface area contributed by atoms with Gasteiger partial charge in [-0.05, 0) is 33.1 Å². The Morgan fingerprint density at radius 3 is 2.86 bits per heavy atom. The summed E-state index contributed by atoms with van der Waals surface area (Å²) < 4.78 is 0. The average Bonchev–Trinajstić information content (AvgIpc) is 2.47. The Bertz CT molecular complexity index is 517. The quantitative estimate of drug-likeness (QED) is 0.861. The van der Waals surface area contributed by atoms with Crippen LogP contribution in [0.5, 0.6) is 0 Å². The molecule has 3 N–H and O–H groups in total. The molecule has 1 fully saturated rings. The van der Waals surface area contributed by atoms with E-state index in [0.717, 1.165) is 55.4 Å². The van der Waals surface area contributed by atoms with E-state index in [1.165, 1.54) is 0 Å². The Morgan fingerprint density at radius 1 is 1.43 bits per heavy atom. The van der Waals surface area contributed by atoms with E-state index in [9.17, 15) is 4.79 Å². The van der Waals surface area contributed by atoms with Gasteiger partial charge in [0, 0.05) is 25.2 Å². The molecule has 0 radical (unpaired) electrons. The van der Waals surface area contributed by atoms with Crippen molar-refractivity contribution in [1.82, 2.24) is 9.97 Å². The zero-order valence-corrected chi connectivity index (χ0v) is 13.1. The van der Waals surface area contributed by atoms with Crippen LogP contribution in [0.25, 0.3) is 0 Å². The maximum Gasteiger partial charge on any atom is 0.222 e. The molecule has 21 heavy (non-hydrogen) atoms. The molecular formula is C15H25N5O. The second-order valence-corrected chi connectivity index (χ2v) is 5.68. The van der Waals surface area contributed by atoms with E-state index in [1.54, 1.807) is 0 Å².